The van der Waals surface area contributed by atoms with Gasteiger partial charge in [0.25, 0.3) is 0 Å². The van der Waals surface area contributed by atoms with E-state index in [4.69, 9.17) is 4.74 Å². The molecule has 2 saturated heterocycles. The lowest BCUT2D eigenvalue weighted by Crippen LogP contribution is -2.51. The fourth-order valence-electron chi connectivity index (χ4n) is 4.36. The summed E-state index contributed by atoms with van der Waals surface area (Å²) in [6.45, 7) is 3.46. The first-order valence-electron chi connectivity index (χ1n) is 11.6. The van der Waals surface area contributed by atoms with Crippen molar-refractivity contribution in [3.05, 3.63) is 30.1 Å². The summed E-state index contributed by atoms with van der Waals surface area (Å²) in [7, 11) is 0. The van der Waals surface area contributed by atoms with E-state index in [9.17, 15) is 14.7 Å². The highest BCUT2D eigenvalue weighted by Crippen LogP contribution is 2.22. The summed E-state index contributed by atoms with van der Waals surface area (Å²) < 4.78 is 6.00. The molecule has 0 saturated carbocycles. The molecule has 2 fully saturated rings. The van der Waals surface area contributed by atoms with Crippen LogP contribution in [0.4, 0.5) is 0 Å². The molecule has 8 heteroatoms. The minimum Gasteiger partial charge on any atom is -0.394 e. The lowest BCUT2D eigenvalue weighted by molar-refractivity contribution is -0.128. The third kappa shape index (κ3) is 8.20. The van der Waals surface area contributed by atoms with Crippen LogP contribution in [0.3, 0.4) is 0 Å². The standard InChI is InChI=1S/C23H36N4O4/c28-17-21-20(26-23(30)15-18-5-4-10-24-16-18)7-6-19(31-21)8-11-25-22(29)9-14-27-12-2-1-3-13-27/h4-5,10,16,19-21,28H,1-3,6-9,11-15,17H2,(H,25,29)(H,26,30)/t19-,20+,21+/m0/s1. The van der Waals surface area contributed by atoms with Gasteiger partial charge in [-0.15, -0.1) is 0 Å². The molecule has 0 aromatic carbocycles. The zero-order chi connectivity index (χ0) is 21.9. The molecule has 0 aliphatic carbocycles. The number of ether oxygens (including phenoxy) is 1. The van der Waals surface area contributed by atoms with Crippen molar-refractivity contribution in [2.45, 2.75) is 69.6 Å². The van der Waals surface area contributed by atoms with Gasteiger partial charge in [0, 0.05) is 31.9 Å². The van der Waals surface area contributed by atoms with Crippen LogP contribution in [0, 0.1) is 0 Å². The third-order valence-electron chi connectivity index (χ3n) is 6.12. The second kappa shape index (κ2) is 12.7. The number of rotatable bonds is 10. The van der Waals surface area contributed by atoms with Gasteiger partial charge >= 0.3 is 0 Å². The number of amides is 2. The molecule has 3 heterocycles. The van der Waals surface area contributed by atoms with Crippen LogP contribution in [0.25, 0.3) is 0 Å². The number of hydrogen-bond acceptors (Lipinski definition) is 6. The third-order valence-corrected chi connectivity index (χ3v) is 6.12. The van der Waals surface area contributed by atoms with E-state index in [-0.39, 0.29) is 37.0 Å². The topological polar surface area (TPSA) is 104 Å². The molecular formula is C23H36N4O4. The quantitative estimate of drug-likeness (QED) is 0.510. The van der Waals surface area contributed by atoms with Gasteiger partial charge in [-0.2, -0.15) is 0 Å². The van der Waals surface area contributed by atoms with Crippen molar-refractivity contribution in [3.63, 3.8) is 0 Å². The Kier molecular flexibility index (Phi) is 9.71. The first kappa shape index (κ1) is 23.6. The summed E-state index contributed by atoms with van der Waals surface area (Å²) in [5.74, 6) is -0.0138. The first-order chi connectivity index (χ1) is 15.1. The Morgan fingerprint density at radius 2 is 2.03 bits per heavy atom. The summed E-state index contributed by atoms with van der Waals surface area (Å²) in [6.07, 6.45) is 9.72. The normalized spacial score (nSPS) is 24.5. The molecule has 3 atom stereocenters. The van der Waals surface area contributed by atoms with E-state index >= 15 is 0 Å². The van der Waals surface area contributed by atoms with Gasteiger partial charge in [-0.25, -0.2) is 0 Å². The van der Waals surface area contributed by atoms with E-state index in [0.717, 1.165) is 38.0 Å². The number of carbonyl (C=O) groups excluding carboxylic acids is 2. The van der Waals surface area contributed by atoms with Gasteiger partial charge in [0.1, 0.15) is 6.10 Å². The summed E-state index contributed by atoms with van der Waals surface area (Å²) >= 11 is 0. The molecule has 3 N–H and O–H groups in total. The van der Waals surface area contributed by atoms with Crippen molar-refractivity contribution in [2.24, 2.45) is 0 Å². The Labute approximate surface area is 184 Å². The largest absolute Gasteiger partial charge is 0.394 e. The lowest BCUT2D eigenvalue weighted by Gasteiger charge is -2.36. The number of aliphatic hydroxyl groups is 1. The molecule has 31 heavy (non-hydrogen) atoms. The van der Waals surface area contributed by atoms with E-state index in [1.54, 1.807) is 18.5 Å². The Bertz CT molecular complexity index is 681. The molecule has 2 amide bonds. The van der Waals surface area contributed by atoms with E-state index in [2.05, 4.69) is 20.5 Å². The second-order valence-corrected chi connectivity index (χ2v) is 8.56. The highest BCUT2D eigenvalue weighted by Gasteiger charge is 2.31. The molecule has 0 unspecified atom stereocenters. The predicted octanol–water partition coefficient (Wildman–Crippen LogP) is 1.03. The molecule has 2 aliphatic heterocycles. The minimum atomic E-state index is -0.425. The molecule has 0 radical (unpaired) electrons. The fraction of sp³-hybridized carbons (Fsp3) is 0.696. The summed E-state index contributed by atoms with van der Waals surface area (Å²) in [6, 6.07) is 3.47. The fourth-order valence-corrected chi connectivity index (χ4v) is 4.36. The molecule has 0 spiro atoms. The van der Waals surface area contributed by atoms with Gasteiger partial charge in [-0.05, 0) is 56.8 Å². The Hall–Kier alpha value is -2.03. The molecule has 1 aromatic heterocycles. The maximum atomic E-state index is 12.3. The zero-order valence-corrected chi connectivity index (χ0v) is 18.3. The number of aliphatic hydroxyl groups excluding tert-OH is 1. The van der Waals surface area contributed by atoms with Gasteiger partial charge in [0.05, 0.1) is 25.2 Å². The summed E-state index contributed by atoms with van der Waals surface area (Å²) in [5.41, 5.74) is 0.853. The van der Waals surface area contributed by atoms with Crippen LogP contribution < -0.4 is 10.6 Å². The molecular weight excluding hydrogens is 396 g/mol. The van der Waals surface area contributed by atoms with Crippen molar-refractivity contribution >= 4 is 11.8 Å². The molecule has 1 aromatic rings. The van der Waals surface area contributed by atoms with Gasteiger partial charge in [-0.1, -0.05) is 12.5 Å². The second-order valence-electron chi connectivity index (χ2n) is 8.56. The maximum absolute atomic E-state index is 12.3. The average Bonchev–Trinajstić information content (AvgIpc) is 2.80. The van der Waals surface area contributed by atoms with E-state index in [0.29, 0.717) is 19.4 Å². The van der Waals surface area contributed by atoms with E-state index < -0.39 is 6.10 Å². The van der Waals surface area contributed by atoms with Crippen LogP contribution in [-0.2, 0) is 20.7 Å². The van der Waals surface area contributed by atoms with Crippen LogP contribution >= 0.6 is 0 Å². The van der Waals surface area contributed by atoms with Gasteiger partial charge in [-0.3, -0.25) is 14.6 Å². The number of piperidine rings is 1. The van der Waals surface area contributed by atoms with Crippen molar-refractivity contribution in [2.75, 3.05) is 32.8 Å². The predicted molar refractivity (Wildman–Crippen MR) is 117 cm³/mol. The molecule has 2 aliphatic rings. The van der Waals surface area contributed by atoms with E-state index in [1.807, 2.05) is 6.07 Å². The minimum absolute atomic E-state index is 0.0222. The van der Waals surface area contributed by atoms with Crippen molar-refractivity contribution in [1.29, 1.82) is 0 Å². The number of aromatic nitrogens is 1. The van der Waals surface area contributed by atoms with Gasteiger partial charge in [0.15, 0.2) is 0 Å². The smallest absolute Gasteiger partial charge is 0.224 e. The van der Waals surface area contributed by atoms with Crippen molar-refractivity contribution in [1.82, 2.24) is 20.5 Å². The molecule has 172 valence electrons. The number of pyridine rings is 1. The van der Waals surface area contributed by atoms with Crippen molar-refractivity contribution in [3.8, 4) is 0 Å². The van der Waals surface area contributed by atoms with Gasteiger partial charge in [0.2, 0.25) is 11.8 Å². The first-order valence-corrected chi connectivity index (χ1v) is 11.6. The summed E-state index contributed by atoms with van der Waals surface area (Å²) in [4.78, 5) is 30.8. The monoisotopic (exact) mass is 432 g/mol. The Morgan fingerprint density at radius 3 is 2.77 bits per heavy atom. The molecule has 8 nitrogen and oxygen atoms in total. The number of nitrogens with zero attached hydrogens (tertiary/aromatic N) is 2. The van der Waals surface area contributed by atoms with Gasteiger partial charge < -0.3 is 25.4 Å². The average molecular weight is 433 g/mol. The number of nitrogens with one attached hydrogen (secondary N) is 2. The molecule has 0 bridgehead atoms. The Balaban J connectivity index is 1.32. The number of carbonyl (C=O) groups is 2. The SMILES string of the molecule is O=C(CCN1CCCCC1)NCC[C@@H]1CC[C@@H](NC(=O)Cc2cccnc2)[C@@H](CO)O1. The highest BCUT2D eigenvalue weighted by atomic mass is 16.5. The number of likely N-dealkylation sites (tertiary alicyclic amines) is 1. The Morgan fingerprint density at radius 1 is 1.19 bits per heavy atom. The van der Waals surface area contributed by atoms with Crippen molar-refractivity contribution < 1.29 is 19.4 Å². The van der Waals surface area contributed by atoms with E-state index in [1.165, 1.54) is 19.3 Å². The van der Waals surface area contributed by atoms with Crippen LogP contribution in [0.2, 0.25) is 0 Å². The zero-order valence-electron chi connectivity index (χ0n) is 18.3. The highest BCUT2D eigenvalue weighted by molar-refractivity contribution is 5.78. The van der Waals surface area contributed by atoms with Crippen LogP contribution in [0.1, 0.15) is 50.5 Å². The van der Waals surface area contributed by atoms with Crippen LogP contribution in [-0.4, -0.2) is 77.8 Å². The number of hydrogen-bond donors (Lipinski definition) is 3. The maximum Gasteiger partial charge on any atom is 0.224 e. The van der Waals surface area contributed by atoms with Crippen LogP contribution in [0.5, 0.6) is 0 Å². The molecule has 3 rings (SSSR count). The summed E-state index contributed by atoms with van der Waals surface area (Å²) in [5, 5.41) is 15.7. The lowest BCUT2D eigenvalue weighted by atomic mass is 9.96. The van der Waals surface area contributed by atoms with Crippen LogP contribution in [0.15, 0.2) is 24.5 Å².